The van der Waals surface area contributed by atoms with Gasteiger partial charge in [0.05, 0.1) is 30.5 Å². The molecule has 2 aliphatic heterocycles. The number of ether oxygens (including phenoxy) is 2. The number of aliphatic imine (C=N–C) groups is 1. The standard InChI is InChI=1S/C28H40N6O3/c1-28(2,3)37-27(35)33-15-13-32(14-16-33)22-10-12-25(29-18-22)31-26-30-24-17-23(36-4)11-9-20(24)19-34(26)21-7-5-6-8-21/h10,12,17-19,21,26H,5-9,11,13-16H2,1-4H3,(H,29,31). The molecule has 0 aromatic carbocycles. The van der Waals surface area contributed by atoms with Crippen LogP contribution in [0.15, 0.2) is 46.9 Å². The summed E-state index contributed by atoms with van der Waals surface area (Å²) >= 11 is 0. The number of nitrogens with one attached hydrogen (secondary N) is 1. The maximum atomic E-state index is 12.4. The van der Waals surface area contributed by atoms with Crippen molar-refractivity contribution in [2.24, 2.45) is 4.99 Å². The van der Waals surface area contributed by atoms with E-state index >= 15 is 0 Å². The normalized spacial score (nSPS) is 22.6. The number of piperazine rings is 1. The van der Waals surface area contributed by atoms with Gasteiger partial charge in [-0.05, 0) is 57.7 Å². The minimum atomic E-state index is -0.478. The van der Waals surface area contributed by atoms with E-state index < -0.39 is 5.60 Å². The first-order chi connectivity index (χ1) is 17.8. The Morgan fingerprint density at radius 1 is 1.08 bits per heavy atom. The molecule has 1 amide bonds. The molecular weight excluding hydrogens is 468 g/mol. The molecule has 0 spiro atoms. The van der Waals surface area contributed by atoms with E-state index in [0.717, 1.165) is 48.9 Å². The van der Waals surface area contributed by atoms with Gasteiger partial charge in [-0.25, -0.2) is 14.8 Å². The zero-order valence-electron chi connectivity index (χ0n) is 22.6. The molecule has 9 heteroatoms. The molecule has 2 fully saturated rings. The molecule has 3 heterocycles. The summed E-state index contributed by atoms with van der Waals surface area (Å²) in [6.45, 7) is 8.46. The van der Waals surface area contributed by atoms with Gasteiger partial charge in [-0.15, -0.1) is 0 Å². The van der Waals surface area contributed by atoms with Gasteiger partial charge >= 0.3 is 6.09 Å². The van der Waals surface area contributed by atoms with Crippen molar-refractivity contribution in [1.82, 2.24) is 14.8 Å². The Hall–Kier alpha value is -3.23. The summed E-state index contributed by atoms with van der Waals surface area (Å²) < 4.78 is 11.0. The summed E-state index contributed by atoms with van der Waals surface area (Å²) in [5, 5.41) is 3.57. The summed E-state index contributed by atoms with van der Waals surface area (Å²) in [5.41, 5.74) is 2.88. The van der Waals surface area contributed by atoms with Crippen LogP contribution in [0.4, 0.5) is 16.3 Å². The highest BCUT2D eigenvalue weighted by Crippen LogP contribution is 2.32. The van der Waals surface area contributed by atoms with E-state index in [2.05, 4.69) is 33.5 Å². The lowest BCUT2D eigenvalue weighted by Gasteiger charge is -2.38. The van der Waals surface area contributed by atoms with E-state index in [0.29, 0.717) is 19.1 Å². The molecule has 1 N–H and O–H groups in total. The number of hydrogen-bond donors (Lipinski definition) is 1. The van der Waals surface area contributed by atoms with E-state index in [1.165, 1.54) is 31.3 Å². The smallest absolute Gasteiger partial charge is 0.410 e. The number of pyridine rings is 1. The van der Waals surface area contributed by atoms with E-state index in [1.807, 2.05) is 33.0 Å². The molecule has 5 rings (SSSR count). The highest BCUT2D eigenvalue weighted by Gasteiger charge is 2.32. The molecule has 1 saturated carbocycles. The quantitative estimate of drug-likeness (QED) is 0.615. The molecule has 9 nitrogen and oxygen atoms in total. The largest absolute Gasteiger partial charge is 0.501 e. The van der Waals surface area contributed by atoms with Crippen LogP contribution in [-0.2, 0) is 9.47 Å². The van der Waals surface area contributed by atoms with Gasteiger partial charge in [0.2, 0.25) is 0 Å². The van der Waals surface area contributed by atoms with E-state index in [4.69, 9.17) is 19.5 Å². The number of methoxy groups -OCH3 is 1. The fourth-order valence-electron chi connectivity index (χ4n) is 5.44. The Bertz CT molecular complexity index is 1060. The molecule has 0 bridgehead atoms. The van der Waals surface area contributed by atoms with Crippen molar-refractivity contribution in [1.29, 1.82) is 0 Å². The van der Waals surface area contributed by atoms with E-state index in [9.17, 15) is 4.79 Å². The van der Waals surface area contributed by atoms with Gasteiger partial charge in [0.1, 0.15) is 11.4 Å². The van der Waals surface area contributed by atoms with Gasteiger partial charge in [-0.2, -0.15) is 0 Å². The first-order valence-electron chi connectivity index (χ1n) is 13.6. The molecule has 4 aliphatic rings. The SMILES string of the molecule is COC1=CC2=NC(Nc3ccc(N4CCN(C(=O)OC(C)(C)C)CC4)cn3)N(C3CCCC3)C=C2CC1. The molecule has 1 aromatic heterocycles. The molecular formula is C28H40N6O3. The zero-order chi connectivity index (χ0) is 26.0. The third-order valence-electron chi connectivity index (χ3n) is 7.45. The van der Waals surface area contributed by atoms with Gasteiger partial charge in [0.15, 0.2) is 6.29 Å². The summed E-state index contributed by atoms with van der Waals surface area (Å²) in [5.74, 6) is 1.79. The van der Waals surface area contributed by atoms with Crippen molar-refractivity contribution < 1.29 is 14.3 Å². The second kappa shape index (κ2) is 10.6. The van der Waals surface area contributed by atoms with Crippen LogP contribution in [0.25, 0.3) is 0 Å². The summed E-state index contributed by atoms with van der Waals surface area (Å²) in [4.78, 5) is 28.6. The number of anilines is 2. The average molecular weight is 509 g/mol. The Balaban J connectivity index is 1.24. The number of allylic oxidation sites excluding steroid dienone is 3. The highest BCUT2D eigenvalue weighted by atomic mass is 16.6. The Morgan fingerprint density at radius 2 is 1.84 bits per heavy atom. The van der Waals surface area contributed by atoms with Crippen molar-refractivity contribution in [3.8, 4) is 0 Å². The second-order valence-corrected chi connectivity index (χ2v) is 11.2. The summed E-state index contributed by atoms with van der Waals surface area (Å²) in [7, 11) is 1.73. The number of carbonyl (C=O) groups is 1. The number of aromatic nitrogens is 1. The number of nitrogens with zero attached hydrogens (tertiary/aromatic N) is 5. The molecule has 1 saturated heterocycles. The van der Waals surface area contributed by atoms with Crippen LogP contribution in [0, 0.1) is 0 Å². The van der Waals surface area contributed by atoms with Crippen LogP contribution in [-0.4, -0.2) is 77.8 Å². The van der Waals surface area contributed by atoms with Crippen molar-refractivity contribution in [3.63, 3.8) is 0 Å². The molecule has 37 heavy (non-hydrogen) atoms. The zero-order valence-corrected chi connectivity index (χ0v) is 22.6. The predicted octanol–water partition coefficient (Wildman–Crippen LogP) is 4.74. The maximum Gasteiger partial charge on any atom is 0.410 e. The molecule has 1 unspecified atom stereocenters. The van der Waals surface area contributed by atoms with Crippen molar-refractivity contribution >= 4 is 23.3 Å². The van der Waals surface area contributed by atoms with Gasteiger partial charge in [-0.3, -0.25) is 0 Å². The fraction of sp³-hybridized carbons (Fsp3) is 0.607. The molecule has 2 aliphatic carbocycles. The monoisotopic (exact) mass is 508 g/mol. The topological polar surface area (TPSA) is 82.5 Å². The Morgan fingerprint density at radius 3 is 2.49 bits per heavy atom. The third kappa shape index (κ3) is 6.02. The average Bonchev–Trinajstić information content (AvgIpc) is 3.42. The van der Waals surface area contributed by atoms with E-state index in [1.54, 1.807) is 12.0 Å². The number of carbonyl (C=O) groups excluding carboxylic acids is 1. The minimum Gasteiger partial charge on any atom is -0.501 e. The van der Waals surface area contributed by atoms with Crippen LogP contribution in [0.3, 0.4) is 0 Å². The lowest BCUT2D eigenvalue weighted by Crippen LogP contribution is -2.50. The highest BCUT2D eigenvalue weighted by molar-refractivity contribution is 6.10. The third-order valence-corrected chi connectivity index (χ3v) is 7.45. The summed E-state index contributed by atoms with van der Waals surface area (Å²) in [6.07, 6.45) is 12.7. The number of hydrogen-bond acceptors (Lipinski definition) is 8. The number of amides is 1. The summed E-state index contributed by atoms with van der Waals surface area (Å²) in [6, 6.07) is 4.63. The first-order valence-corrected chi connectivity index (χ1v) is 13.6. The number of fused-ring (bicyclic) bond motifs is 1. The van der Waals surface area contributed by atoms with Gasteiger partial charge in [0.25, 0.3) is 0 Å². The predicted molar refractivity (Wildman–Crippen MR) is 146 cm³/mol. The van der Waals surface area contributed by atoms with Gasteiger partial charge < -0.3 is 29.5 Å². The van der Waals surface area contributed by atoms with E-state index in [-0.39, 0.29) is 12.4 Å². The minimum absolute atomic E-state index is 0.190. The van der Waals surface area contributed by atoms with Crippen molar-refractivity contribution in [3.05, 3.63) is 41.9 Å². The van der Waals surface area contributed by atoms with Crippen molar-refractivity contribution in [2.75, 3.05) is 43.5 Å². The van der Waals surface area contributed by atoms with Gasteiger partial charge in [0, 0.05) is 50.9 Å². The van der Waals surface area contributed by atoms with Crippen LogP contribution >= 0.6 is 0 Å². The number of rotatable bonds is 5. The Kier molecular flexibility index (Phi) is 7.31. The van der Waals surface area contributed by atoms with Crippen molar-refractivity contribution in [2.45, 2.75) is 77.2 Å². The van der Waals surface area contributed by atoms with Crippen LogP contribution in [0.2, 0.25) is 0 Å². The second-order valence-electron chi connectivity index (χ2n) is 11.2. The van der Waals surface area contributed by atoms with Gasteiger partial charge in [-0.1, -0.05) is 12.8 Å². The van der Waals surface area contributed by atoms with Crippen LogP contribution in [0.5, 0.6) is 0 Å². The molecule has 1 atom stereocenters. The van der Waals surface area contributed by atoms with Crippen LogP contribution < -0.4 is 10.2 Å². The Labute approximate surface area is 220 Å². The lowest BCUT2D eigenvalue weighted by atomic mass is 9.96. The molecule has 200 valence electrons. The first kappa shape index (κ1) is 25.4. The van der Waals surface area contributed by atoms with Crippen LogP contribution in [0.1, 0.15) is 59.3 Å². The maximum absolute atomic E-state index is 12.4. The molecule has 0 radical (unpaired) electrons. The lowest BCUT2D eigenvalue weighted by molar-refractivity contribution is 0.0240. The fourth-order valence-corrected chi connectivity index (χ4v) is 5.44. The molecule has 1 aromatic rings.